The van der Waals surface area contributed by atoms with Gasteiger partial charge in [-0.15, -0.1) is 0 Å². The van der Waals surface area contributed by atoms with Gasteiger partial charge in [0.2, 0.25) is 0 Å². The molecule has 1 amide bonds. The normalized spacial score (nSPS) is 13.7. The summed E-state index contributed by atoms with van der Waals surface area (Å²) in [7, 11) is 1.62. The minimum absolute atomic E-state index is 0.0101. The standard InChI is InChI=1S/C22H20N2O2/c1-26-19-11-9-17(10-12-19)22(25)24-14-13-23-21(24)15-18-7-4-6-16-5-2-3-8-20(16)18/h2-12H,13-15H2,1H3. The summed E-state index contributed by atoms with van der Waals surface area (Å²) in [6.45, 7) is 1.28. The first-order valence-electron chi connectivity index (χ1n) is 8.72. The van der Waals surface area contributed by atoms with Crippen LogP contribution in [0.15, 0.2) is 71.7 Å². The molecule has 0 aromatic heterocycles. The van der Waals surface area contributed by atoms with Crippen LogP contribution in [-0.4, -0.2) is 36.8 Å². The van der Waals surface area contributed by atoms with E-state index in [4.69, 9.17) is 4.74 Å². The van der Waals surface area contributed by atoms with Crippen molar-refractivity contribution in [3.8, 4) is 5.75 Å². The van der Waals surface area contributed by atoms with E-state index in [0.717, 1.165) is 11.6 Å². The van der Waals surface area contributed by atoms with Crippen LogP contribution >= 0.6 is 0 Å². The molecule has 0 saturated carbocycles. The Hall–Kier alpha value is -3.14. The highest BCUT2D eigenvalue weighted by Gasteiger charge is 2.25. The smallest absolute Gasteiger partial charge is 0.259 e. The van der Waals surface area contributed by atoms with E-state index in [-0.39, 0.29) is 5.91 Å². The number of benzene rings is 3. The lowest BCUT2D eigenvalue weighted by atomic mass is 10.0. The molecule has 3 aromatic rings. The maximum atomic E-state index is 12.9. The number of hydrogen-bond donors (Lipinski definition) is 0. The monoisotopic (exact) mass is 344 g/mol. The van der Waals surface area contributed by atoms with Crippen LogP contribution in [0.5, 0.6) is 5.75 Å². The third kappa shape index (κ3) is 3.06. The molecule has 26 heavy (non-hydrogen) atoms. The second-order valence-electron chi connectivity index (χ2n) is 6.30. The van der Waals surface area contributed by atoms with Crippen LogP contribution in [0, 0.1) is 0 Å². The molecule has 1 aliphatic heterocycles. The van der Waals surface area contributed by atoms with Crippen LogP contribution in [0.4, 0.5) is 0 Å². The van der Waals surface area contributed by atoms with E-state index >= 15 is 0 Å². The number of amidine groups is 1. The van der Waals surface area contributed by atoms with Crippen molar-refractivity contribution in [2.24, 2.45) is 4.99 Å². The van der Waals surface area contributed by atoms with Crippen molar-refractivity contribution < 1.29 is 9.53 Å². The van der Waals surface area contributed by atoms with Crippen molar-refractivity contribution in [2.75, 3.05) is 20.2 Å². The molecule has 0 saturated heterocycles. The minimum Gasteiger partial charge on any atom is -0.497 e. The van der Waals surface area contributed by atoms with Crippen LogP contribution in [0.25, 0.3) is 10.8 Å². The predicted octanol–water partition coefficient (Wildman–Crippen LogP) is 3.95. The molecule has 4 nitrogen and oxygen atoms in total. The van der Waals surface area contributed by atoms with Gasteiger partial charge in [-0.1, -0.05) is 42.5 Å². The molecule has 4 rings (SSSR count). The van der Waals surface area contributed by atoms with E-state index in [1.165, 1.54) is 16.3 Å². The van der Waals surface area contributed by atoms with Gasteiger partial charge >= 0.3 is 0 Å². The molecule has 0 fully saturated rings. The maximum Gasteiger partial charge on any atom is 0.259 e. The molecule has 0 N–H and O–H groups in total. The fraction of sp³-hybridized carbons (Fsp3) is 0.182. The number of amides is 1. The van der Waals surface area contributed by atoms with Crippen LogP contribution in [0.1, 0.15) is 15.9 Å². The lowest BCUT2D eigenvalue weighted by molar-refractivity contribution is 0.0856. The van der Waals surface area contributed by atoms with Gasteiger partial charge in [-0.2, -0.15) is 0 Å². The second kappa shape index (κ2) is 7.00. The average Bonchev–Trinajstić information content (AvgIpc) is 3.16. The van der Waals surface area contributed by atoms with E-state index < -0.39 is 0 Å². The summed E-state index contributed by atoms with van der Waals surface area (Å²) in [5.41, 5.74) is 1.84. The van der Waals surface area contributed by atoms with Gasteiger partial charge in [0.1, 0.15) is 11.6 Å². The fourth-order valence-electron chi connectivity index (χ4n) is 3.37. The Morgan fingerprint density at radius 3 is 2.62 bits per heavy atom. The van der Waals surface area contributed by atoms with Crippen LogP contribution in [0.3, 0.4) is 0 Å². The summed E-state index contributed by atoms with van der Waals surface area (Å²) in [4.78, 5) is 19.3. The number of hydrogen-bond acceptors (Lipinski definition) is 3. The third-order valence-electron chi connectivity index (χ3n) is 4.74. The van der Waals surface area contributed by atoms with Gasteiger partial charge in [0.15, 0.2) is 0 Å². The van der Waals surface area contributed by atoms with E-state index in [9.17, 15) is 4.79 Å². The summed E-state index contributed by atoms with van der Waals surface area (Å²) in [6, 6.07) is 21.8. The number of methoxy groups -OCH3 is 1. The highest BCUT2D eigenvalue weighted by molar-refractivity contribution is 6.08. The zero-order valence-electron chi connectivity index (χ0n) is 14.7. The van der Waals surface area contributed by atoms with Crippen molar-refractivity contribution in [1.29, 1.82) is 0 Å². The summed E-state index contributed by atoms with van der Waals surface area (Å²) < 4.78 is 5.17. The topological polar surface area (TPSA) is 41.9 Å². The number of nitrogens with zero attached hydrogens (tertiary/aromatic N) is 2. The van der Waals surface area contributed by atoms with Crippen LogP contribution < -0.4 is 4.74 Å². The molecule has 3 aromatic carbocycles. The first kappa shape index (κ1) is 16.3. The van der Waals surface area contributed by atoms with Gasteiger partial charge in [-0.05, 0) is 40.6 Å². The lowest BCUT2D eigenvalue weighted by Crippen LogP contribution is -2.35. The Kier molecular flexibility index (Phi) is 4.40. The van der Waals surface area contributed by atoms with Crippen molar-refractivity contribution in [1.82, 2.24) is 4.90 Å². The van der Waals surface area contributed by atoms with Crippen molar-refractivity contribution in [2.45, 2.75) is 6.42 Å². The second-order valence-corrected chi connectivity index (χ2v) is 6.30. The molecule has 0 unspecified atom stereocenters. The Bertz CT molecular complexity index is 972. The van der Waals surface area contributed by atoms with Gasteiger partial charge in [0, 0.05) is 18.5 Å². The molecule has 0 aliphatic carbocycles. The Morgan fingerprint density at radius 2 is 1.81 bits per heavy atom. The molecule has 1 aliphatic rings. The molecule has 130 valence electrons. The van der Waals surface area contributed by atoms with Crippen molar-refractivity contribution >= 4 is 22.5 Å². The maximum absolute atomic E-state index is 12.9. The summed E-state index contributed by atoms with van der Waals surface area (Å²) in [5.74, 6) is 1.57. The number of carbonyl (C=O) groups is 1. The van der Waals surface area contributed by atoms with Gasteiger partial charge in [0.25, 0.3) is 5.91 Å². The molecular formula is C22H20N2O2. The third-order valence-corrected chi connectivity index (χ3v) is 4.74. The molecule has 0 spiro atoms. The van der Waals surface area contributed by atoms with E-state index in [0.29, 0.717) is 25.1 Å². The van der Waals surface area contributed by atoms with Gasteiger partial charge in [-0.25, -0.2) is 0 Å². The molecule has 0 radical (unpaired) electrons. The summed E-state index contributed by atoms with van der Waals surface area (Å²) in [6.07, 6.45) is 0.656. The highest BCUT2D eigenvalue weighted by Crippen LogP contribution is 2.22. The molecule has 0 atom stereocenters. The highest BCUT2D eigenvalue weighted by atomic mass is 16.5. The lowest BCUT2D eigenvalue weighted by Gasteiger charge is -2.19. The average molecular weight is 344 g/mol. The number of fused-ring (bicyclic) bond motifs is 1. The Labute approximate surface area is 152 Å². The Balaban J connectivity index is 1.59. The molecule has 0 bridgehead atoms. The van der Waals surface area contributed by atoms with Crippen molar-refractivity contribution in [3.63, 3.8) is 0 Å². The van der Waals surface area contributed by atoms with E-state index in [1.807, 2.05) is 24.3 Å². The molecular weight excluding hydrogens is 324 g/mol. The molecule has 4 heteroatoms. The first-order chi connectivity index (χ1) is 12.8. The van der Waals surface area contributed by atoms with E-state index in [2.05, 4.69) is 35.3 Å². The van der Waals surface area contributed by atoms with Gasteiger partial charge < -0.3 is 4.74 Å². The van der Waals surface area contributed by atoms with Gasteiger partial charge in [-0.3, -0.25) is 14.7 Å². The van der Waals surface area contributed by atoms with Crippen LogP contribution in [-0.2, 0) is 6.42 Å². The SMILES string of the molecule is COc1ccc(C(=O)N2CCN=C2Cc2cccc3ccccc23)cc1. The minimum atomic E-state index is -0.0101. The summed E-state index contributed by atoms with van der Waals surface area (Å²) in [5, 5.41) is 2.41. The number of ether oxygens (including phenoxy) is 1. The zero-order chi connectivity index (χ0) is 17.9. The first-order valence-corrected chi connectivity index (χ1v) is 8.72. The quantitative estimate of drug-likeness (QED) is 0.719. The van der Waals surface area contributed by atoms with Gasteiger partial charge in [0.05, 0.1) is 13.7 Å². The number of rotatable bonds is 4. The van der Waals surface area contributed by atoms with Crippen LogP contribution in [0.2, 0.25) is 0 Å². The fourth-order valence-corrected chi connectivity index (χ4v) is 3.37. The Morgan fingerprint density at radius 1 is 1.04 bits per heavy atom. The number of carbonyl (C=O) groups excluding carboxylic acids is 1. The van der Waals surface area contributed by atoms with Crippen molar-refractivity contribution in [3.05, 3.63) is 77.9 Å². The predicted molar refractivity (Wildman–Crippen MR) is 104 cm³/mol. The van der Waals surface area contributed by atoms with E-state index in [1.54, 1.807) is 24.1 Å². The number of aliphatic imine (C=N–C) groups is 1. The molecule has 1 heterocycles. The summed E-state index contributed by atoms with van der Waals surface area (Å²) >= 11 is 0. The zero-order valence-corrected chi connectivity index (χ0v) is 14.7. The largest absolute Gasteiger partial charge is 0.497 e.